The molecular formula is C26H32N2O4. The van der Waals surface area contributed by atoms with Crippen molar-refractivity contribution < 1.29 is 13.9 Å². The zero-order valence-corrected chi connectivity index (χ0v) is 19.0. The molecule has 2 heterocycles. The molecule has 0 unspecified atom stereocenters. The van der Waals surface area contributed by atoms with Gasteiger partial charge in [-0.25, -0.2) is 4.79 Å². The fourth-order valence-electron chi connectivity index (χ4n) is 4.32. The summed E-state index contributed by atoms with van der Waals surface area (Å²) in [5.74, 6) is 1.28. The predicted molar refractivity (Wildman–Crippen MR) is 128 cm³/mol. The monoisotopic (exact) mass is 436 g/mol. The highest BCUT2D eigenvalue weighted by Gasteiger charge is 2.17. The van der Waals surface area contributed by atoms with Crippen molar-refractivity contribution in [2.24, 2.45) is 0 Å². The Labute approximate surface area is 189 Å². The summed E-state index contributed by atoms with van der Waals surface area (Å²) >= 11 is 0. The van der Waals surface area contributed by atoms with Gasteiger partial charge in [0.25, 0.3) is 0 Å². The van der Waals surface area contributed by atoms with Crippen LogP contribution < -0.4 is 20.0 Å². The summed E-state index contributed by atoms with van der Waals surface area (Å²) < 4.78 is 17.0. The molecule has 0 radical (unpaired) electrons. The maximum absolute atomic E-state index is 11.9. The van der Waals surface area contributed by atoms with Crippen LogP contribution in [0.4, 0.5) is 5.69 Å². The van der Waals surface area contributed by atoms with Crippen LogP contribution in [0.25, 0.3) is 11.0 Å². The third-order valence-electron chi connectivity index (χ3n) is 6.00. The molecule has 0 bridgehead atoms. The van der Waals surface area contributed by atoms with Crippen LogP contribution in [0.3, 0.4) is 0 Å². The van der Waals surface area contributed by atoms with Crippen molar-refractivity contribution in [1.82, 2.24) is 4.90 Å². The van der Waals surface area contributed by atoms with E-state index in [1.165, 1.54) is 5.69 Å². The van der Waals surface area contributed by atoms with Crippen LogP contribution in [0.15, 0.2) is 57.7 Å². The summed E-state index contributed by atoms with van der Waals surface area (Å²) in [5.41, 5.74) is 2.50. The SMILES string of the molecule is CCCc1cc(=O)oc2cc(OC)c(OCCCN3CCN(c4ccccc4)CC3)cc12. The van der Waals surface area contributed by atoms with Crippen LogP contribution in [0.2, 0.25) is 0 Å². The minimum Gasteiger partial charge on any atom is -0.493 e. The largest absolute Gasteiger partial charge is 0.493 e. The average molecular weight is 437 g/mol. The lowest BCUT2D eigenvalue weighted by Crippen LogP contribution is -2.46. The third kappa shape index (κ3) is 5.25. The molecule has 0 saturated carbocycles. The molecule has 1 fully saturated rings. The maximum Gasteiger partial charge on any atom is 0.336 e. The van der Waals surface area contributed by atoms with E-state index in [1.54, 1.807) is 19.2 Å². The number of benzene rings is 2. The van der Waals surface area contributed by atoms with Gasteiger partial charge in [-0.05, 0) is 36.6 Å². The van der Waals surface area contributed by atoms with Crippen molar-refractivity contribution in [3.8, 4) is 11.5 Å². The molecule has 1 aliphatic rings. The lowest BCUT2D eigenvalue weighted by atomic mass is 10.1. The number of ether oxygens (including phenoxy) is 2. The highest BCUT2D eigenvalue weighted by molar-refractivity contribution is 5.84. The van der Waals surface area contributed by atoms with Crippen molar-refractivity contribution >= 4 is 16.7 Å². The lowest BCUT2D eigenvalue weighted by molar-refractivity contribution is 0.221. The van der Waals surface area contributed by atoms with Crippen LogP contribution in [-0.2, 0) is 6.42 Å². The Kier molecular flexibility index (Phi) is 7.32. The van der Waals surface area contributed by atoms with Crippen LogP contribution >= 0.6 is 0 Å². The summed E-state index contributed by atoms with van der Waals surface area (Å²) in [6, 6.07) is 15.9. The lowest BCUT2D eigenvalue weighted by Gasteiger charge is -2.36. The smallest absolute Gasteiger partial charge is 0.336 e. The summed E-state index contributed by atoms with van der Waals surface area (Å²) in [7, 11) is 1.61. The van der Waals surface area contributed by atoms with E-state index < -0.39 is 0 Å². The van der Waals surface area contributed by atoms with Gasteiger partial charge in [-0.2, -0.15) is 0 Å². The highest BCUT2D eigenvalue weighted by Crippen LogP contribution is 2.33. The molecule has 32 heavy (non-hydrogen) atoms. The Morgan fingerprint density at radius 1 is 1.00 bits per heavy atom. The van der Waals surface area contributed by atoms with Crippen molar-refractivity contribution in [3.05, 3.63) is 64.5 Å². The molecule has 6 heteroatoms. The van der Waals surface area contributed by atoms with Gasteiger partial charge in [0.15, 0.2) is 11.5 Å². The third-order valence-corrected chi connectivity index (χ3v) is 6.00. The van der Waals surface area contributed by atoms with Crippen LogP contribution in [0, 0.1) is 0 Å². The van der Waals surface area contributed by atoms with E-state index in [0.29, 0.717) is 23.7 Å². The standard InChI is InChI=1S/C26H32N2O4/c1-3-8-20-17-26(29)32-23-19-24(30-2)25(18-22(20)23)31-16-7-11-27-12-14-28(15-13-27)21-9-5-4-6-10-21/h4-6,9-10,17-19H,3,7-8,11-16H2,1-2H3. The highest BCUT2D eigenvalue weighted by atomic mass is 16.5. The van der Waals surface area contributed by atoms with Crippen LogP contribution in [-0.4, -0.2) is 51.3 Å². The maximum atomic E-state index is 11.9. The minimum atomic E-state index is -0.330. The summed E-state index contributed by atoms with van der Waals surface area (Å²) in [5, 5.41) is 0.916. The molecule has 1 saturated heterocycles. The second kappa shape index (κ2) is 10.6. The Bertz CT molecular complexity index is 1070. The number of fused-ring (bicyclic) bond motifs is 1. The van der Waals surface area contributed by atoms with Gasteiger partial charge in [0.2, 0.25) is 0 Å². The molecule has 1 aromatic heterocycles. The van der Waals surface area contributed by atoms with Crippen molar-refractivity contribution in [2.45, 2.75) is 26.2 Å². The van der Waals surface area contributed by atoms with Crippen LogP contribution in [0.1, 0.15) is 25.3 Å². The number of nitrogens with zero attached hydrogens (tertiary/aromatic N) is 2. The summed E-state index contributed by atoms with van der Waals surface area (Å²) in [6.45, 7) is 7.95. The normalized spacial score (nSPS) is 14.6. The van der Waals surface area contributed by atoms with Gasteiger partial charge in [-0.15, -0.1) is 0 Å². The zero-order chi connectivity index (χ0) is 22.3. The van der Waals surface area contributed by atoms with E-state index in [2.05, 4.69) is 47.1 Å². The van der Waals surface area contributed by atoms with Gasteiger partial charge in [0.05, 0.1) is 13.7 Å². The van der Waals surface area contributed by atoms with E-state index in [0.717, 1.165) is 62.9 Å². The minimum absolute atomic E-state index is 0.330. The summed E-state index contributed by atoms with van der Waals surface area (Å²) in [6.07, 6.45) is 2.72. The molecule has 0 N–H and O–H groups in total. The quantitative estimate of drug-likeness (QED) is 0.367. The van der Waals surface area contributed by atoms with Crippen molar-refractivity contribution in [3.63, 3.8) is 0 Å². The first-order valence-corrected chi connectivity index (χ1v) is 11.5. The first-order chi connectivity index (χ1) is 15.7. The van der Waals surface area contributed by atoms with Gasteiger partial charge < -0.3 is 18.8 Å². The number of hydrogen-bond donors (Lipinski definition) is 0. The number of aryl methyl sites for hydroxylation is 1. The molecule has 0 spiro atoms. The first-order valence-electron chi connectivity index (χ1n) is 11.5. The van der Waals surface area contributed by atoms with Gasteiger partial charge in [0.1, 0.15) is 5.58 Å². The van der Waals surface area contributed by atoms with E-state index in [1.807, 2.05) is 6.07 Å². The molecule has 1 aliphatic heterocycles. The zero-order valence-electron chi connectivity index (χ0n) is 19.0. The molecule has 4 rings (SSSR count). The Balaban J connectivity index is 1.33. The Morgan fingerprint density at radius 2 is 1.78 bits per heavy atom. The first kappa shape index (κ1) is 22.2. The predicted octanol–water partition coefficient (Wildman–Crippen LogP) is 4.35. The molecule has 3 aromatic rings. The molecule has 0 atom stereocenters. The average Bonchev–Trinajstić information content (AvgIpc) is 2.82. The molecule has 6 nitrogen and oxygen atoms in total. The van der Waals surface area contributed by atoms with Gasteiger partial charge >= 0.3 is 5.63 Å². The van der Waals surface area contributed by atoms with E-state index in [4.69, 9.17) is 13.9 Å². The number of methoxy groups -OCH3 is 1. The number of anilines is 1. The molecule has 170 valence electrons. The molecule has 2 aromatic carbocycles. The fraction of sp³-hybridized carbons (Fsp3) is 0.423. The van der Waals surface area contributed by atoms with E-state index in [9.17, 15) is 4.79 Å². The van der Waals surface area contributed by atoms with Crippen LogP contribution in [0.5, 0.6) is 11.5 Å². The van der Waals surface area contributed by atoms with Crippen molar-refractivity contribution in [1.29, 1.82) is 0 Å². The van der Waals surface area contributed by atoms with Gasteiger partial charge in [-0.1, -0.05) is 31.5 Å². The topological polar surface area (TPSA) is 55.2 Å². The number of piperazine rings is 1. The number of hydrogen-bond acceptors (Lipinski definition) is 6. The number of rotatable bonds is 9. The van der Waals surface area contributed by atoms with E-state index in [-0.39, 0.29) is 5.63 Å². The Morgan fingerprint density at radius 3 is 2.50 bits per heavy atom. The second-order valence-corrected chi connectivity index (χ2v) is 8.21. The molecular weight excluding hydrogens is 404 g/mol. The molecule has 0 amide bonds. The van der Waals surface area contributed by atoms with Gasteiger partial charge in [-0.3, -0.25) is 4.90 Å². The molecule has 0 aliphatic carbocycles. The van der Waals surface area contributed by atoms with Crippen molar-refractivity contribution in [2.75, 3.05) is 51.3 Å². The fourth-order valence-corrected chi connectivity index (χ4v) is 4.32. The number of para-hydroxylation sites is 1. The Hall–Kier alpha value is -2.99. The second-order valence-electron chi connectivity index (χ2n) is 8.21. The summed E-state index contributed by atoms with van der Waals surface area (Å²) in [4.78, 5) is 16.8. The van der Waals surface area contributed by atoms with Gasteiger partial charge in [0, 0.05) is 55.9 Å². The van der Waals surface area contributed by atoms with E-state index >= 15 is 0 Å².